The van der Waals surface area contributed by atoms with E-state index in [1.165, 1.54) is 11.1 Å². The van der Waals surface area contributed by atoms with Gasteiger partial charge in [-0.15, -0.1) is 0 Å². The van der Waals surface area contributed by atoms with Crippen molar-refractivity contribution in [3.8, 4) is 0 Å². The van der Waals surface area contributed by atoms with Crippen molar-refractivity contribution in [3.05, 3.63) is 35.4 Å². The lowest BCUT2D eigenvalue weighted by atomic mass is 9.85. The third-order valence-corrected chi connectivity index (χ3v) is 2.95. The summed E-state index contributed by atoms with van der Waals surface area (Å²) in [5.41, 5.74) is 8.64. The molecule has 1 aromatic rings. The molecule has 2 heteroatoms. The molecule has 0 spiro atoms. The smallest absolute Gasteiger partial charge is 0.0322 e. The van der Waals surface area contributed by atoms with Crippen molar-refractivity contribution in [1.29, 1.82) is 0 Å². The molecule has 0 heterocycles. The Morgan fingerprint density at radius 3 is 2.53 bits per heavy atom. The highest BCUT2D eigenvalue weighted by Crippen LogP contribution is 2.29. The molecule has 0 aliphatic heterocycles. The van der Waals surface area contributed by atoms with Crippen LogP contribution in [0.15, 0.2) is 24.3 Å². The highest BCUT2D eigenvalue weighted by Gasteiger charge is 2.18. The molecule has 3 N–H and O–H groups in total. The molecule has 17 heavy (non-hydrogen) atoms. The average molecular weight is 234 g/mol. The minimum absolute atomic E-state index is 0.331. The van der Waals surface area contributed by atoms with Crippen molar-refractivity contribution < 1.29 is 0 Å². The maximum absolute atomic E-state index is 5.61. The van der Waals surface area contributed by atoms with Crippen LogP contribution in [0.4, 0.5) is 0 Å². The Hall–Kier alpha value is -0.860. The van der Waals surface area contributed by atoms with Gasteiger partial charge in [0.25, 0.3) is 0 Å². The third-order valence-electron chi connectivity index (χ3n) is 2.95. The Kier molecular flexibility index (Phi) is 5.16. The zero-order valence-corrected chi connectivity index (χ0v) is 11.6. The minimum atomic E-state index is 0.331. The van der Waals surface area contributed by atoms with Crippen molar-refractivity contribution in [2.75, 3.05) is 13.6 Å². The van der Waals surface area contributed by atoms with Gasteiger partial charge in [-0.05, 0) is 43.0 Å². The average Bonchev–Trinajstić information content (AvgIpc) is 2.25. The van der Waals surface area contributed by atoms with Crippen LogP contribution in [-0.4, -0.2) is 13.6 Å². The molecule has 1 aromatic carbocycles. The predicted molar refractivity (Wildman–Crippen MR) is 75.1 cm³/mol. The van der Waals surface area contributed by atoms with Gasteiger partial charge in [0.2, 0.25) is 0 Å². The van der Waals surface area contributed by atoms with Gasteiger partial charge in [0.15, 0.2) is 0 Å². The molecule has 0 fully saturated rings. The van der Waals surface area contributed by atoms with Crippen molar-refractivity contribution >= 4 is 0 Å². The van der Waals surface area contributed by atoms with E-state index in [1.54, 1.807) is 0 Å². The van der Waals surface area contributed by atoms with Crippen LogP contribution in [0.3, 0.4) is 0 Å². The Labute approximate surface area is 106 Å². The van der Waals surface area contributed by atoms with E-state index in [4.69, 9.17) is 5.73 Å². The minimum Gasteiger partial charge on any atom is -0.330 e. The lowest BCUT2D eigenvalue weighted by molar-refractivity contribution is 0.320. The molecular formula is C15H26N2. The second-order valence-electron chi connectivity index (χ2n) is 5.89. The normalized spacial score (nSPS) is 13.7. The van der Waals surface area contributed by atoms with Crippen molar-refractivity contribution in [2.24, 2.45) is 11.1 Å². The van der Waals surface area contributed by atoms with Gasteiger partial charge in [-0.1, -0.05) is 45.0 Å². The first-order valence-corrected chi connectivity index (χ1v) is 6.42. The van der Waals surface area contributed by atoms with E-state index in [-0.39, 0.29) is 0 Å². The number of nitrogens with two attached hydrogens (primary N) is 1. The van der Waals surface area contributed by atoms with E-state index in [0.29, 0.717) is 18.0 Å². The summed E-state index contributed by atoms with van der Waals surface area (Å²) in [6, 6.07) is 9.19. The van der Waals surface area contributed by atoms with E-state index in [0.717, 1.165) is 12.8 Å². The highest BCUT2D eigenvalue weighted by atomic mass is 14.9. The van der Waals surface area contributed by atoms with E-state index in [1.807, 2.05) is 7.05 Å². The standard InChI is InChI=1S/C15H26N2/c1-15(2,3)11-14(17-4)13-7-5-6-12(10-13)8-9-16/h5-7,10,14,17H,8-9,11,16H2,1-4H3. The molecule has 0 aliphatic carbocycles. The zero-order valence-electron chi connectivity index (χ0n) is 11.6. The van der Waals surface area contributed by atoms with Gasteiger partial charge in [-0.3, -0.25) is 0 Å². The number of nitrogens with one attached hydrogen (secondary N) is 1. The fourth-order valence-electron chi connectivity index (χ4n) is 2.13. The van der Waals surface area contributed by atoms with Gasteiger partial charge >= 0.3 is 0 Å². The molecule has 2 nitrogen and oxygen atoms in total. The SMILES string of the molecule is CNC(CC(C)(C)C)c1cccc(CCN)c1. The lowest BCUT2D eigenvalue weighted by Gasteiger charge is -2.26. The molecule has 0 aromatic heterocycles. The first-order valence-electron chi connectivity index (χ1n) is 6.42. The summed E-state index contributed by atoms with van der Waals surface area (Å²) in [5, 5.41) is 3.41. The van der Waals surface area contributed by atoms with Gasteiger partial charge in [-0.25, -0.2) is 0 Å². The van der Waals surface area contributed by atoms with Gasteiger partial charge in [0.05, 0.1) is 0 Å². The van der Waals surface area contributed by atoms with Crippen LogP contribution in [0.25, 0.3) is 0 Å². The van der Waals surface area contributed by atoms with Crippen LogP contribution in [0.5, 0.6) is 0 Å². The van der Waals surface area contributed by atoms with Crippen molar-refractivity contribution in [3.63, 3.8) is 0 Å². The second kappa shape index (κ2) is 6.18. The first-order chi connectivity index (χ1) is 7.96. The molecule has 0 bridgehead atoms. The maximum Gasteiger partial charge on any atom is 0.0322 e. The lowest BCUT2D eigenvalue weighted by Crippen LogP contribution is -2.22. The Balaban J connectivity index is 2.84. The molecular weight excluding hydrogens is 208 g/mol. The Morgan fingerprint density at radius 2 is 2.00 bits per heavy atom. The van der Waals surface area contributed by atoms with Crippen LogP contribution < -0.4 is 11.1 Å². The monoisotopic (exact) mass is 234 g/mol. The quantitative estimate of drug-likeness (QED) is 0.822. The van der Waals surface area contributed by atoms with Crippen LogP contribution in [0, 0.1) is 5.41 Å². The highest BCUT2D eigenvalue weighted by molar-refractivity contribution is 5.26. The molecule has 96 valence electrons. The molecule has 1 atom stereocenters. The molecule has 1 unspecified atom stereocenters. The topological polar surface area (TPSA) is 38.0 Å². The Bertz CT molecular complexity index is 339. The van der Waals surface area contributed by atoms with Crippen LogP contribution in [0.1, 0.15) is 44.4 Å². The van der Waals surface area contributed by atoms with Crippen molar-refractivity contribution in [1.82, 2.24) is 5.32 Å². The largest absolute Gasteiger partial charge is 0.330 e. The fourth-order valence-corrected chi connectivity index (χ4v) is 2.13. The molecule has 0 amide bonds. The second-order valence-corrected chi connectivity index (χ2v) is 5.89. The summed E-state index contributed by atoms with van der Waals surface area (Å²) in [5.74, 6) is 0. The van der Waals surface area contributed by atoms with Crippen LogP contribution in [-0.2, 0) is 6.42 Å². The number of benzene rings is 1. The first kappa shape index (κ1) is 14.2. The number of hydrogen-bond donors (Lipinski definition) is 2. The summed E-state index contributed by atoms with van der Waals surface area (Å²) < 4.78 is 0. The molecule has 1 rings (SSSR count). The molecule has 0 aliphatic rings. The van der Waals surface area contributed by atoms with Gasteiger partial charge in [0.1, 0.15) is 0 Å². The van der Waals surface area contributed by atoms with E-state index < -0.39 is 0 Å². The Morgan fingerprint density at radius 1 is 1.29 bits per heavy atom. The fraction of sp³-hybridized carbons (Fsp3) is 0.600. The molecule has 0 saturated carbocycles. The summed E-state index contributed by atoms with van der Waals surface area (Å²) in [6.45, 7) is 7.55. The van der Waals surface area contributed by atoms with E-state index in [9.17, 15) is 0 Å². The summed E-state index contributed by atoms with van der Waals surface area (Å²) in [6.07, 6.45) is 2.09. The summed E-state index contributed by atoms with van der Waals surface area (Å²) in [7, 11) is 2.03. The van der Waals surface area contributed by atoms with Gasteiger partial charge in [0, 0.05) is 6.04 Å². The predicted octanol–water partition coefficient (Wildman–Crippen LogP) is 2.88. The number of hydrogen-bond acceptors (Lipinski definition) is 2. The zero-order chi connectivity index (χ0) is 12.9. The summed E-state index contributed by atoms with van der Waals surface area (Å²) in [4.78, 5) is 0. The van der Waals surface area contributed by atoms with Crippen LogP contribution in [0.2, 0.25) is 0 Å². The van der Waals surface area contributed by atoms with Crippen molar-refractivity contribution in [2.45, 2.75) is 39.7 Å². The van der Waals surface area contributed by atoms with Gasteiger partial charge < -0.3 is 11.1 Å². The summed E-state index contributed by atoms with van der Waals surface area (Å²) >= 11 is 0. The molecule has 0 radical (unpaired) electrons. The third kappa shape index (κ3) is 4.88. The van der Waals surface area contributed by atoms with E-state index >= 15 is 0 Å². The van der Waals surface area contributed by atoms with Gasteiger partial charge in [-0.2, -0.15) is 0 Å². The maximum atomic E-state index is 5.61. The van der Waals surface area contributed by atoms with E-state index in [2.05, 4.69) is 50.4 Å². The molecule has 0 saturated heterocycles. The van der Waals surface area contributed by atoms with Crippen LogP contribution >= 0.6 is 0 Å². The number of rotatable bonds is 5.